The first kappa shape index (κ1) is 66.7. The predicted octanol–water partition coefficient (Wildman–Crippen LogP) is 21.2. The molecule has 8 rings (SSSR count). The second-order valence-corrected chi connectivity index (χ2v) is 20.4. The Bertz CT molecular complexity index is 1890. The fourth-order valence-electron chi connectivity index (χ4n) is 5.47. The van der Waals surface area contributed by atoms with Gasteiger partial charge in [-0.15, -0.1) is 11.3 Å². The molecule has 0 N–H and O–H groups in total. The Morgan fingerprint density at radius 2 is 0.986 bits per heavy atom. The summed E-state index contributed by atoms with van der Waals surface area (Å²) in [7, 11) is 0. The predicted molar refractivity (Wildman–Crippen MR) is 311 cm³/mol. The summed E-state index contributed by atoms with van der Waals surface area (Å²) in [6, 6.07) is 37.0. The van der Waals surface area contributed by atoms with Gasteiger partial charge in [-0.1, -0.05) is 174 Å². The number of pyridine rings is 3. The first-order chi connectivity index (χ1) is 32.4. The number of aromatic nitrogens is 3. The van der Waals surface area contributed by atoms with E-state index < -0.39 is 0 Å². The van der Waals surface area contributed by atoms with E-state index in [4.69, 9.17) is 8.83 Å². The van der Waals surface area contributed by atoms with Crippen molar-refractivity contribution in [3.63, 3.8) is 0 Å². The molecule has 0 aliphatic rings. The summed E-state index contributed by atoms with van der Waals surface area (Å²) in [5, 5.41) is 6.44. The van der Waals surface area contributed by atoms with Crippen LogP contribution in [0, 0.1) is 0 Å². The highest BCUT2D eigenvalue weighted by Crippen LogP contribution is 2.19. The van der Waals surface area contributed by atoms with Gasteiger partial charge in [-0.2, -0.15) is 11.3 Å². The second-order valence-electron chi connectivity index (χ2n) is 18.6. The lowest BCUT2D eigenvalue weighted by Gasteiger charge is -2.01. The van der Waals surface area contributed by atoms with Crippen molar-refractivity contribution in [2.45, 2.75) is 173 Å². The van der Waals surface area contributed by atoms with Crippen LogP contribution in [0.4, 0.5) is 0 Å². The third-order valence-electron chi connectivity index (χ3n) is 10.1. The van der Waals surface area contributed by atoms with Gasteiger partial charge < -0.3 is 8.83 Å². The maximum atomic E-state index is 5.09. The van der Waals surface area contributed by atoms with Crippen LogP contribution in [0.5, 0.6) is 0 Å². The van der Waals surface area contributed by atoms with Crippen molar-refractivity contribution in [1.29, 1.82) is 0 Å². The van der Waals surface area contributed by atoms with E-state index in [1.165, 1.54) is 32.7 Å². The monoisotopic (exact) mass is 988 g/mol. The number of hydrogen-bond acceptors (Lipinski definition) is 7. The van der Waals surface area contributed by atoms with Crippen molar-refractivity contribution in [2.24, 2.45) is 0 Å². The second kappa shape index (κ2) is 40.4. The third-order valence-corrected chi connectivity index (χ3v) is 12.0. The fraction of sp³-hybridized carbons (Fsp3) is 0.413. The van der Waals surface area contributed by atoms with E-state index in [1.807, 2.05) is 96.8 Å². The summed E-state index contributed by atoms with van der Waals surface area (Å²) in [6.45, 7) is 34.7. The van der Waals surface area contributed by atoms with E-state index in [2.05, 4.69) is 190 Å². The Morgan fingerprint density at radius 1 is 0.400 bits per heavy atom. The average molecular weight is 989 g/mol. The van der Waals surface area contributed by atoms with Gasteiger partial charge in [0.1, 0.15) is 5.76 Å². The Labute approximate surface area is 436 Å². The Morgan fingerprint density at radius 3 is 1.27 bits per heavy atom. The van der Waals surface area contributed by atoms with Crippen LogP contribution in [-0.2, 0) is 0 Å². The molecule has 0 saturated carbocycles. The standard InChI is InChI=1S/C9H12.3C8H11N.2C7H10O.2C7H10S.2CH4/c1-8(2)9-6-4-3-5-7-9;1-7(2)8-3-5-9-6-4-8;1-7(2)8-4-3-5-9-6-8;1-7(2)8-5-3-4-6-9-8;1-6(2)7-3-4-8-5-7;1-6(2)7-4-3-5-8-7;1-6(2)7-3-4-8-5-7;1-6(2)7-4-3-5-8-7;;/h3-8H,1-2H3;3*3-7H,1-2H3;4*3-6H,1-2H3;2*1H4. The highest BCUT2D eigenvalue weighted by molar-refractivity contribution is 7.10. The van der Waals surface area contributed by atoms with Crippen LogP contribution < -0.4 is 0 Å². The molecule has 0 aliphatic heterocycles. The van der Waals surface area contributed by atoms with Crippen molar-refractivity contribution in [3.8, 4) is 0 Å². The zero-order valence-electron chi connectivity index (χ0n) is 44.3. The molecule has 0 aliphatic carbocycles. The Kier molecular flexibility index (Phi) is 38.5. The largest absolute Gasteiger partial charge is 0.472 e. The molecule has 7 heterocycles. The third kappa shape index (κ3) is 31.7. The number of hydrogen-bond donors (Lipinski definition) is 0. The van der Waals surface area contributed by atoms with Crippen LogP contribution in [0.2, 0.25) is 0 Å². The van der Waals surface area contributed by atoms with Crippen LogP contribution >= 0.6 is 22.7 Å². The van der Waals surface area contributed by atoms with Gasteiger partial charge in [-0.25, -0.2) is 0 Å². The SMILES string of the molecule is C.C.CC(C)c1ccccc1.CC(C)c1ccccn1.CC(C)c1cccnc1.CC(C)c1ccco1.CC(C)c1cccs1.CC(C)c1ccncc1.CC(C)c1ccoc1.CC(C)c1ccsc1. The molecule has 0 bridgehead atoms. The van der Waals surface area contributed by atoms with Gasteiger partial charge in [0.15, 0.2) is 0 Å². The Hall–Kier alpha value is -5.37. The number of nitrogens with zero attached hydrogens (tertiary/aromatic N) is 3. The van der Waals surface area contributed by atoms with Gasteiger partial charge in [0.05, 0.1) is 18.8 Å². The highest BCUT2D eigenvalue weighted by atomic mass is 32.1. The molecule has 8 aromatic rings. The van der Waals surface area contributed by atoms with Gasteiger partial charge in [0.25, 0.3) is 0 Å². The number of furan rings is 2. The van der Waals surface area contributed by atoms with Crippen LogP contribution in [0.1, 0.15) is 217 Å². The molecule has 0 spiro atoms. The first-order valence-electron chi connectivity index (χ1n) is 24.3. The van der Waals surface area contributed by atoms with Crippen molar-refractivity contribution in [1.82, 2.24) is 15.0 Å². The molecule has 0 amide bonds. The summed E-state index contributed by atoms with van der Waals surface area (Å²) in [4.78, 5) is 13.6. The summed E-state index contributed by atoms with van der Waals surface area (Å²) < 4.78 is 9.97. The van der Waals surface area contributed by atoms with E-state index in [0.717, 1.165) is 11.5 Å². The summed E-state index contributed by atoms with van der Waals surface area (Å²) in [6.07, 6.45) is 14.4. The quantitative estimate of drug-likeness (QED) is 0.152. The molecule has 0 atom stereocenters. The molecule has 0 saturated heterocycles. The molecular formula is C63H93N3O2S2. The molecule has 384 valence electrons. The zero-order chi connectivity index (χ0) is 50.7. The van der Waals surface area contributed by atoms with Crippen LogP contribution in [0.25, 0.3) is 0 Å². The topological polar surface area (TPSA) is 65.0 Å². The van der Waals surface area contributed by atoms with E-state index in [9.17, 15) is 0 Å². The summed E-state index contributed by atoms with van der Waals surface area (Å²) >= 11 is 3.60. The van der Waals surface area contributed by atoms with E-state index >= 15 is 0 Å². The molecular weight excluding hydrogens is 895 g/mol. The molecule has 5 nitrogen and oxygen atoms in total. The lowest BCUT2D eigenvalue weighted by atomic mass is 10.0. The van der Waals surface area contributed by atoms with E-state index in [-0.39, 0.29) is 14.9 Å². The Balaban J connectivity index is 0. The minimum atomic E-state index is 0. The maximum absolute atomic E-state index is 5.09. The fourth-order valence-corrected chi connectivity index (χ4v) is 7.03. The lowest BCUT2D eigenvalue weighted by molar-refractivity contribution is 0.487. The molecule has 7 aromatic heterocycles. The minimum Gasteiger partial charge on any atom is -0.472 e. The van der Waals surface area contributed by atoms with Crippen molar-refractivity contribution < 1.29 is 8.83 Å². The van der Waals surface area contributed by atoms with E-state index in [1.54, 1.807) is 36.3 Å². The normalized spacial score (nSPS) is 9.94. The number of rotatable bonds is 8. The smallest absolute Gasteiger partial charge is 0.106 e. The molecule has 0 radical (unpaired) electrons. The maximum Gasteiger partial charge on any atom is 0.106 e. The van der Waals surface area contributed by atoms with Gasteiger partial charge in [-0.05, 0) is 146 Å². The van der Waals surface area contributed by atoms with Crippen LogP contribution in [0.15, 0.2) is 184 Å². The molecule has 70 heavy (non-hydrogen) atoms. The highest BCUT2D eigenvalue weighted by Gasteiger charge is 2.00. The summed E-state index contributed by atoms with van der Waals surface area (Å²) in [5.74, 6) is 5.99. The molecule has 0 unspecified atom stereocenters. The lowest BCUT2D eigenvalue weighted by Crippen LogP contribution is -1.88. The van der Waals surface area contributed by atoms with Gasteiger partial charge >= 0.3 is 0 Å². The van der Waals surface area contributed by atoms with Crippen LogP contribution in [-0.4, -0.2) is 15.0 Å². The summed E-state index contributed by atoms with van der Waals surface area (Å²) in [5.41, 5.74) is 7.96. The van der Waals surface area contributed by atoms with Gasteiger partial charge in [0, 0.05) is 47.5 Å². The average Bonchev–Trinajstić information content (AvgIpc) is 4.21. The van der Waals surface area contributed by atoms with E-state index in [0.29, 0.717) is 47.3 Å². The van der Waals surface area contributed by atoms with Crippen molar-refractivity contribution >= 4 is 22.7 Å². The van der Waals surface area contributed by atoms with Gasteiger partial charge in [0.2, 0.25) is 0 Å². The number of thiophene rings is 2. The molecule has 7 heteroatoms. The van der Waals surface area contributed by atoms with Crippen molar-refractivity contribution in [2.75, 3.05) is 0 Å². The number of benzene rings is 1. The first-order valence-corrected chi connectivity index (χ1v) is 26.1. The van der Waals surface area contributed by atoms with Crippen LogP contribution in [0.3, 0.4) is 0 Å². The molecule has 1 aromatic carbocycles. The zero-order valence-corrected chi connectivity index (χ0v) is 46.0. The minimum absolute atomic E-state index is 0. The van der Waals surface area contributed by atoms with Crippen molar-refractivity contribution in [3.05, 3.63) is 219 Å². The molecule has 0 fully saturated rings. The van der Waals surface area contributed by atoms with Gasteiger partial charge in [-0.3, -0.25) is 15.0 Å².